The summed E-state index contributed by atoms with van der Waals surface area (Å²) >= 11 is 0. The van der Waals surface area contributed by atoms with E-state index in [2.05, 4.69) is 0 Å². The van der Waals surface area contributed by atoms with Crippen LogP contribution in [0.2, 0.25) is 0 Å². The summed E-state index contributed by atoms with van der Waals surface area (Å²) in [7, 11) is 1.53. The van der Waals surface area contributed by atoms with Gasteiger partial charge in [-0.15, -0.1) is 0 Å². The minimum Gasteiger partial charge on any atom is -0.465 e. The number of anilines is 1. The second kappa shape index (κ2) is 6.35. The molecule has 0 spiro atoms. The summed E-state index contributed by atoms with van der Waals surface area (Å²) in [5, 5.41) is 10.9. The van der Waals surface area contributed by atoms with Crippen molar-refractivity contribution in [1.82, 2.24) is 0 Å². The molecule has 1 heterocycles. The van der Waals surface area contributed by atoms with Crippen LogP contribution in [0.4, 0.5) is 11.4 Å². The van der Waals surface area contributed by atoms with E-state index in [1.54, 1.807) is 6.07 Å². The van der Waals surface area contributed by atoms with E-state index in [9.17, 15) is 10.1 Å². The normalized spacial score (nSPS) is 15.3. The number of nitrogens with zero attached hydrogens (tertiary/aromatic N) is 2. The van der Waals surface area contributed by atoms with E-state index in [0.29, 0.717) is 37.7 Å². The maximum atomic E-state index is 10.9. The Morgan fingerprint density at radius 1 is 1.42 bits per heavy atom. The minimum atomic E-state index is -0.413. The topological polar surface area (TPSA) is 74.1 Å². The van der Waals surface area contributed by atoms with Crippen molar-refractivity contribution < 1.29 is 19.1 Å². The summed E-state index contributed by atoms with van der Waals surface area (Å²) in [6.45, 7) is 2.68. The molecule has 0 saturated carbocycles. The quantitative estimate of drug-likeness (QED) is 0.456. The first-order chi connectivity index (χ1) is 9.22. The first kappa shape index (κ1) is 13.6. The molecule has 1 aliphatic heterocycles. The molecule has 1 aliphatic rings. The molecule has 19 heavy (non-hydrogen) atoms. The van der Waals surface area contributed by atoms with Crippen molar-refractivity contribution in [2.45, 2.75) is 0 Å². The van der Waals surface area contributed by atoms with Crippen molar-refractivity contribution in [2.75, 3.05) is 45.1 Å². The number of rotatable bonds is 5. The van der Waals surface area contributed by atoms with E-state index in [1.807, 2.05) is 4.90 Å². The molecule has 0 amide bonds. The van der Waals surface area contributed by atoms with Crippen molar-refractivity contribution in [3.05, 3.63) is 28.3 Å². The van der Waals surface area contributed by atoms with E-state index in [-0.39, 0.29) is 12.5 Å². The SMILES string of the molecule is COCOc1ccc([N+](=O)[O-])cc1N1CCOCC1. The van der Waals surface area contributed by atoms with Gasteiger partial charge in [0.1, 0.15) is 5.75 Å². The molecule has 0 atom stereocenters. The van der Waals surface area contributed by atoms with Gasteiger partial charge in [-0.3, -0.25) is 10.1 Å². The molecular formula is C12H16N2O5. The summed E-state index contributed by atoms with van der Waals surface area (Å²) in [5.41, 5.74) is 0.751. The standard InChI is InChI=1S/C12H16N2O5/c1-17-9-19-12-3-2-10(14(15)16)8-11(12)13-4-6-18-7-5-13/h2-3,8H,4-7,9H2,1H3. The molecule has 0 unspecified atom stereocenters. The van der Waals surface area contributed by atoms with Crippen molar-refractivity contribution in [3.8, 4) is 5.75 Å². The van der Waals surface area contributed by atoms with Crippen molar-refractivity contribution in [3.63, 3.8) is 0 Å². The summed E-state index contributed by atoms with van der Waals surface area (Å²) in [6.07, 6.45) is 0. The van der Waals surface area contributed by atoms with Crippen LogP contribution in [0.25, 0.3) is 0 Å². The average Bonchev–Trinajstić information content (AvgIpc) is 2.45. The van der Waals surface area contributed by atoms with Crippen molar-refractivity contribution in [2.24, 2.45) is 0 Å². The smallest absolute Gasteiger partial charge is 0.271 e. The summed E-state index contributed by atoms with van der Waals surface area (Å²) in [5.74, 6) is 0.578. The highest BCUT2D eigenvalue weighted by molar-refractivity contribution is 5.63. The fourth-order valence-corrected chi connectivity index (χ4v) is 1.92. The summed E-state index contributed by atoms with van der Waals surface area (Å²) in [6, 6.07) is 4.55. The van der Waals surface area contributed by atoms with Gasteiger partial charge >= 0.3 is 0 Å². The Hall–Kier alpha value is -1.86. The number of non-ortho nitro benzene ring substituents is 1. The van der Waals surface area contributed by atoms with Crippen LogP contribution >= 0.6 is 0 Å². The molecule has 2 rings (SSSR count). The molecule has 0 bridgehead atoms. The van der Waals surface area contributed by atoms with Crippen molar-refractivity contribution in [1.29, 1.82) is 0 Å². The van der Waals surface area contributed by atoms with Crippen LogP contribution in [0.5, 0.6) is 5.75 Å². The van der Waals surface area contributed by atoms with Gasteiger partial charge in [-0.25, -0.2) is 0 Å². The molecule has 0 radical (unpaired) electrons. The van der Waals surface area contributed by atoms with Crippen LogP contribution in [0.3, 0.4) is 0 Å². The number of nitro benzene ring substituents is 1. The van der Waals surface area contributed by atoms with E-state index in [0.717, 1.165) is 0 Å². The highest BCUT2D eigenvalue weighted by atomic mass is 16.7. The molecule has 0 aliphatic carbocycles. The lowest BCUT2D eigenvalue weighted by Crippen LogP contribution is -2.36. The lowest BCUT2D eigenvalue weighted by Gasteiger charge is -2.30. The number of nitro groups is 1. The van der Waals surface area contributed by atoms with Crippen LogP contribution in [0, 0.1) is 10.1 Å². The Morgan fingerprint density at radius 3 is 2.79 bits per heavy atom. The molecule has 7 nitrogen and oxygen atoms in total. The van der Waals surface area contributed by atoms with Crippen LogP contribution in [-0.2, 0) is 9.47 Å². The molecule has 104 valence electrons. The Morgan fingerprint density at radius 2 is 2.16 bits per heavy atom. The Bertz CT molecular complexity index is 446. The number of hydrogen-bond donors (Lipinski definition) is 0. The zero-order valence-corrected chi connectivity index (χ0v) is 10.7. The zero-order chi connectivity index (χ0) is 13.7. The fourth-order valence-electron chi connectivity index (χ4n) is 1.92. The Kier molecular flexibility index (Phi) is 4.53. The molecule has 0 aromatic heterocycles. The predicted octanol–water partition coefficient (Wildman–Crippen LogP) is 1.41. The fraction of sp³-hybridized carbons (Fsp3) is 0.500. The number of hydrogen-bond acceptors (Lipinski definition) is 6. The molecule has 1 aromatic carbocycles. The first-order valence-corrected chi connectivity index (χ1v) is 5.95. The second-order valence-electron chi connectivity index (χ2n) is 4.06. The van der Waals surface area contributed by atoms with Crippen LogP contribution in [0.1, 0.15) is 0 Å². The van der Waals surface area contributed by atoms with Crippen LogP contribution in [0.15, 0.2) is 18.2 Å². The molecule has 7 heteroatoms. The molecule has 1 aromatic rings. The lowest BCUT2D eigenvalue weighted by atomic mass is 10.2. The van der Waals surface area contributed by atoms with Gasteiger partial charge in [0.25, 0.3) is 5.69 Å². The predicted molar refractivity (Wildman–Crippen MR) is 68.6 cm³/mol. The second-order valence-corrected chi connectivity index (χ2v) is 4.06. The van der Waals surface area contributed by atoms with Gasteiger partial charge in [0.05, 0.1) is 23.8 Å². The average molecular weight is 268 g/mol. The Balaban J connectivity index is 2.28. The first-order valence-electron chi connectivity index (χ1n) is 5.95. The highest BCUT2D eigenvalue weighted by Crippen LogP contribution is 2.32. The van der Waals surface area contributed by atoms with Gasteiger partial charge in [-0.1, -0.05) is 0 Å². The monoisotopic (exact) mass is 268 g/mol. The zero-order valence-electron chi connectivity index (χ0n) is 10.7. The van der Waals surface area contributed by atoms with Crippen LogP contribution in [-0.4, -0.2) is 45.1 Å². The summed E-state index contributed by atoms with van der Waals surface area (Å²) < 4.78 is 15.6. The molecular weight excluding hydrogens is 252 g/mol. The number of ether oxygens (including phenoxy) is 3. The Labute approximate surface area is 110 Å². The molecule has 1 fully saturated rings. The third-order valence-corrected chi connectivity index (χ3v) is 2.84. The van der Waals surface area contributed by atoms with E-state index in [4.69, 9.17) is 14.2 Å². The third-order valence-electron chi connectivity index (χ3n) is 2.84. The largest absolute Gasteiger partial charge is 0.465 e. The van der Waals surface area contributed by atoms with Gasteiger partial charge in [0, 0.05) is 32.3 Å². The highest BCUT2D eigenvalue weighted by Gasteiger charge is 2.19. The molecule has 0 N–H and O–H groups in total. The summed E-state index contributed by atoms with van der Waals surface area (Å²) in [4.78, 5) is 12.5. The van der Waals surface area contributed by atoms with E-state index >= 15 is 0 Å². The van der Waals surface area contributed by atoms with Gasteiger partial charge in [0.15, 0.2) is 6.79 Å². The van der Waals surface area contributed by atoms with Gasteiger partial charge in [0.2, 0.25) is 0 Å². The maximum Gasteiger partial charge on any atom is 0.271 e. The number of morpholine rings is 1. The third kappa shape index (κ3) is 3.33. The minimum absolute atomic E-state index is 0.0475. The number of benzene rings is 1. The van der Waals surface area contributed by atoms with Gasteiger partial charge in [-0.05, 0) is 6.07 Å². The number of methoxy groups -OCH3 is 1. The van der Waals surface area contributed by atoms with Gasteiger partial charge in [-0.2, -0.15) is 0 Å². The molecule has 1 saturated heterocycles. The lowest BCUT2D eigenvalue weighted by molar-refractivity contribution is -0.384. The van der Waals surface area contributed by atoms with E-state index < -0.39 is 4.92 Å². The van der Waals surface area contributed by atoms with Gasteiger partial charge < -0.3 is 19.1 Å². The van der Waals surface area contributed by atoms with E-state index in [1.165, 1.54) is 19.2 Å². The van der Waals surface area contributed by atoms with Crippen LogP contribution < -0.4 is 9.64 Å². The maximum absolute atomic E-state index is 10.9. The van der Waals surface area contributed by atoms with Crippen molar-refractivity contribution >= 4 is 11.4 Å².